The van der Waals surface area contributed by atoms with Gasteiger partial charge in [0.05, 0.1) is 5.56 Å². The minimum absolute atomic E-state index is 0.148. The average Bonchev–Trinajstić information content (AvgIpc) is 2.66. The van der Waals surface area contributed by atoms with Crippen molar-refractivity contribution >= 4 is 17.4 Å². The van der Waals surface area contributed by atoms with Crippen molar-refractivity contribution in [2.75, 3.05) is 18.5 Å². The Balaban J connectivity index is 1.82. The predicted octanol–water partition coefficient (Wildman–Crippen LogP) is 3.43. The van der Waals surface area contributed by atoms with Gasteiger partial charge < -0.3 is 10.6 Å². The maximum absolute atomic E-state index is 14.2. The second-order valence-corrected chi connectivity index (χ2v) is 5.72. The van der Waals surface area contributed by atoms with Crippen molar-refractivity contribution in [1.29, 1.82) is 0 Å². The summed E-state index contributed by atoms with van der Waals surface area (Å²) in [4.78, 5) is 24.6. The van der Waals surface area contributed by atoms with E-state index in [2.05, 4.69) is 25.6 Å². The van der Waals surface area contributed by atoms with Gasteiger partial charge in [0.15, 0.2) is 5.82 Å². The van der Waals surface area contributed by atoms with Gasteiger partial charge in [-0.2, -0.15) is 0 Å². The van der Waals surface area contributed by atoms with Crippen molar-refractivity contribution in [3.8, 4) is 11.4 Å². The number of nitrogens with one attached hydrogen (secondary N) is 2. The van der Waals surface area contributed by atoms with Crippen LogP contribution >= 0.6 is 0 Å². The minimum atomic E-state index is -0.712. The van der Waals surface area contributed by atoms with E-state index in [1.807, 2.05) is 6.92 Å². The molecule has 0 spiro atoms. The molecule has 3 aromatic rings. The highest BCUT2D eigenvalue weighted by Gasteiger charge is 2.12. The molecule has 0 aliphatic heterocycles. The van der Waals surface area contributed by atoms with Crippen LogP contribution in [0.5, 0.6) is 0 Å². The van der Waals surface area contributed by atoms with Crippen molar-refractivity contribution < 1.29 is 13.6 Å². The molecule has 0 radical (unpaired) electrons. The zero-order chi connectivity index (χ0) is 19.2. The lowest BCUT2D eigenvalue weighted by Gasteiger charge is -2.10. The number of rotatable bonds is 6. The topological polar surface area (TPSA) is 79.8 Å². The van der Waals surface area contributed by atoms with Gasteiger partial charge in [-0.05, 0) is 37.3 Å². The van der Waals surface area contributed by atoms with E-state index in [1.165, 1.54) is 12.1 Å². The largest absolute Gasteiger partial charge is 0.349 e. The third kappa shape index (κ3) is 4.60. The van der Waals surface area contributed by atoms with E-state index in [0.717, 1.165) is 11.3 Å². The number of hydrogen-bond donors (Lipinski definition) is 2. The maximum Gasteiger partial charge on any atom is 0.254 e. The number of amides is 1. The Bertz CT molecular complexity index is 950. The van der Waals surface area contributed by atoms with Crippen molar-refractivity contribution in [2.24, 2.45) is 0 Å². The molecule has 0 atom stereocenters. The first kappa shape index (κ1) is 18.4. The molecular weight excluding hydrogens is 352 g/mol. The molecule has 1 amide bonds. The lowest BCUT2D eigenvalue weighted by atomic mass is 10.1. The first-order chi connectivity index (χ1) is 13.1. The number of anilines is 2. The lowest BCUT2D eigenvalue weighted by Crippen LogP contribution is -2.26. The van der Waals surface area contributed by atoms with Gasteiger partial charge >= 0.3 is 0 Å². The monoisotopic (exact) mass is 369 g/mol. The average molecular weight is 369 g/mol. The van der Waals surface area contributed by atoms with Crippen LogP contribution in [0.15, 0.2) is 48.8 Å². The summed E-state index contributed by atoms with van der Waals surface area (Å²) >= 11 is 0. The number of carbonyl (C=O) groups is 1. The van der Waals surface area contributed by atoms with Gasteiger partial charge in [-0.1, -0.05) is 0 Å². The normalized spacial score (nSPS) is 10.5. The molecule has 1 aromatic carbocycles. The molecule has 0 fully saturated rings. The highest BCUT2D eigenvalue weighted by molar-refractivity contribution is 5.94. The summed E-state index contributed by atoms with van der Waals surface area (Å²) in [5.74, 6) is -0.364. The van der Waals surface area contributed by atoms with Crippen LogP contribution in [0.2, 0.25) is 0 Å². The van der Waals surface area contributed by atoms with Crippen LogP contribution in [0, 0.1) is 12.7 Å². The molecule has 27 heavy (non-hydrogen) atoms. The van der Waals surface area contributed by atoms with E-state index in [4.69, 9.17) is 0 Å². The van der Waals surface area contributed by atoms with Crippen LogP contribution in [0.4, 0.5) is 20.3 Å². The predicted molar refractivity (Wildman–Crippen MR) is 98.0 cm³/mol. The number of alkyl halides is 1. The van der Waals surface area contributed by atoms with Gasteiger partial charge in [0.1, 0.15) is 18.3 Å². The smallest absolute Gasteiger partial charge is 0.254 e. The molecule has 3 rings (SSSR count). The molecule has 0 aliphatic rings. The molecule has 0 unspecified atom stereocenters. The molecule has 0 saturated heterocycles. The number of pyridine rings is 1. The molecule has 0 saturated carbocycles. The molecule has 8 heteroatoms. The summed E-state index contributed by atoms with van der Waals surface area (Å²) in [5, 5.41) is 5.30. The molecular formula is C19H17F2N5O. The molecule has 2 heterocycles. The number of aromatic nitrogens is 3. The van der Waals surface area contributed by atoms with Gasteiger partial charge in [0, 0.05) is 41.9 Å². The summed E-state index contributed by atoms with van der Waals surface area (Å²) in [6, 6.07) is 9.39. The Morgan fingerprint density at radius 3 is 2.59 bits per heavy atom. The van der Waals surface area contributed by atoms with E-state index in [0.29, 0.717) is 17.3 Å². The van der Waals surface area contributed by atoms with Gasteiger partial charge in [-0.25, -0.2) is 18.7 Å². The molecule has 2 N–H and O–H groups in total. The van der Waals surface area contributed by atoms with Gasteiger partial charge in [0.25, 0.3) is 5.91 Å². The van der Waals surface area contributed by atoms with Gasteiger partial charge in [-0.3, -0.25) is 9.78 Å². The Hall–Kier alpha value is -3.42. The van der Waals surface area contributed by atoms with Crippen LogP contribution in [-0.2, 0) is 0 Å². The van der Waals surface area contributed by atoms with E-state index in [1.54, 1.807) is 36.7 Å². The minimum Gasteiger partial charge on any atom is -0.349 e. The van der Waals surface area contributed by atoms with Crippen molar-refractivity contribution in [3.63, 3.8) is 0 Å². The van der Waals surface area contributed by atoms with E-state index in [-0.39, 0.29) is 12.1 Å². The first-order valence-corrected chi connectivity index (χ1v) is 8.23. The van der Waals surface area contributed by atoms with Gasteiger partial charge in [-0.15, -0.1) is 0 Å². The number of carbonyl (C=O) groups excluding carboxylic acids is 1. The molecule has 6 nitrogen and oxygen atoms in total. The summed E-state index contributed by atoms with van der Waals surface area (Å²) in [5.41, 5.74) is 1.82. The van der Waals surface area contributed by atoms with Crippen LogP contribution < -0.4 is 10.6 Å². The van der Waals surface area contributed by atoms with Crippen LogP contribution in [0.25, 0.3) is 11.4 Å². The van der Waals surface area contributed by atoms with Crippen molar-refractivity contribution in [3.05, 3.63) is 65.9 Å². The summed E-state index contributed by atoms with van der Waals surface area (Å²) in [6.07, 6.45) is 3.30. The fraction of sp³-hybridized carbons (Fsp3) is 0.158. The Labute approximate surface area is 154 Å². The van der Waals surface area contributed by atoms with E-state index >= 15 is 0 Å². The lowest BCUT2D eigenvalue weighted by molar-refractivity contribution is 0.0947. The number of nitrogens with zero attached hydrogens (tertiary/aromatic N) is 3. The fourth-order valence-electron chi connectivity index (χ4n) is 2.44. The van der Waals surface area contributed by atoms with E-state index in [9.17, 15) is 13.6 Å². The second kappa shape index (κ2) is 8.31. The van der Waals surface area contributed by atoms with Crippen LogP contribution in [-0.4, -0.2) is 34.1 Å². The molecule has 0 aliphatic carbocycles. The highest BCUT2D eigenvalue weighted by atomic mass is 19.1. The first-order valence-electron chi connectivity index (χ1n) is 8.23. The molecule has 138 valence electrons. The standard InChI is InChI=1S/C19H17F2N5O/c1-12-10-17(26-18(24-12)13-4-7-22-8-5-13)25-14-2-3-15(16(21)11-14)19(27)23-9-6-20/h2-5,7-8,10-11H,6,9H2,1H3,(H,23,27)(H,24,25,26). The van der Waals surface area contributed by atoms with Crippen LogP contribution in [0.3, 0.4) is 0 Å². The number of benzene rings is 1. The van der Waals surface area contributed by atoms with Crippen molar-refractivity contribution in [1.82, 2.24) is 20.3 Å². The Morgan fingerprint density at radius 2 is 1.89 bits per heavy atom. The third-order valence-corrected chi connectivity index (χ3v) is 3.66. The van der Waals surface area contributed by atoms with Crippen molar-refractivity contribution in [2.45, 2.75) is 6.92 Å². The zero-order valence-electron chi connectivity index (χ0n) is 14.5. The Kier molecular flexibility index (Phi) is 5.65. The summed E-state index contributed by atoms with van der Waals surface area (Å²) < 4.78 is 26.3. The molecule has 2 aromatic heterocycles. The number of hydrogen-bond acceptors (Lipinski definition) is 5. The number of halogens is 2. The maximum atomic E-state index is 14.2. The Morgan fingerprint density at radius 1 is 1.11 bits per heavy atom. The quantitative estimate of drug-likeness (QED) is 0.696. The SMILES string of the molecule is Cc1cc(Nc2ccc(C(=O)NCCF)c(F)c2)nc(-c2ccncc2)n1. The highest BCUT2D eigenvalue weighted by Crippen LogP contribution is 2.22. The van der Waals surface area contributed by atoms with E-state index < -0.39 is 18.4 Å². The summed E-state index contributed by atoms with van der Waals surface area (Å²) in [7, 11) is 0. The molecule has 0 bridgehead atoms. The fourth-order valence-corrected chi connectivity index (χ4v) is 2.44. The zero-order valence-corrected chi connectivity index (χ0v) is 14.5. The van der Waals surface area contributed by atoms with Gasteiger partial charge in [0.2, 0.25) is 0 Å². The van der Waals surface area contributed by atoms with Crippen LogP contribution in [0.1, 0.15) is 16.1 Å². The third-order valence-electron chi connectivity index (χ3n) is 3.66. The number of aryl methyl sites for hydroxylation is 1. The second-order valence-electron chi connectivity index (χ2n) is 5.72. The summed E-state index contributed by atoms with van der Waals surface area (Å²) in [6.45, 7) is 0.965.